The predicted molar refractivity (Wildman–Crippen MR) is 86.5 cm³/mol. The summed E-state index contributed by atoms with van der Waals surface area (Å²) in [5.74, 6) is -1.32. The summed E-state index contributed by atoms with van der Waals surface area (Å²) >= 11 is 0. The van der Waals surface area contributed by atoms with Crippen LogP contribution in [0.15, 0.2) is 24.3 Å². The van der Waals surface area contributed by atoms with Crippen LogP contribution >= 0.6 is 0 Å². The zero-order valence-corrected chi connectivity index (χ0v) is 12.4. The fraction of sp³-hybridized carbons (Fsp3) is 0.529. The predicted octanol–water partition coefficient (Wildman–Crippen LogP) is 2.95. The van der Waals surface area contributed by atoms with Crippen LogP contribution in [-0.4, -0.2) is 48.4 Å². The Hall–Kier alpha value is -2.04. The summed E-state index contributed by atoms with van der Waals surface area (Å²) in [5, 5.41) is 0. The van der Waals surface area contributed by atoms with Gasteiger partial charge in [-0.2, -0.15) is 0 Å². The van der Waals surface area contributed by atoms with Crippen LogP contribution in [0.5, 0.6) is 0 Å². The molecule has 22 heavy (non-hydrogen) atoms. The van der Waals surface area contributed by atoms with Crippen molar-refractivity contribution in [2.45, 2.75) is 33.2 Å². The zero-order valence-electron chi connectivity index (χ0n) is 23.4. The number of Topliss-reactive ketones (excluding diaryl/α,β-unsaturated/α-hetero) is 1. The van der Waals surface area contributed by atoms with Crippen LogP contribution < -0.4 is 4.90 Å². The molecular formula is C17H24N2O3. The van der Waals surface area contributed by atoms with Crippen LogP contribution in [0.3, 0.4) is 0 Å². The fourth-order valence-corrected chi connectivity index (χ4v) is 1.57. The van der Waals surface area contributed by atoms with Gasteiger partial charge in [-0.05, 0) is 39.8 Å². The third kappa shape index (κ3) is 4.23. The summed E-state index contributed by atoms with van der Waals surface area (Å²) in [6, 6.07) is 4.14. The van der Waals surface area contributed by atoms with E-state index in [0.717, 1.165) is 24.3 Å². The van der Waals surface area contributed by atoms with Gasteiger partial charge in [0.25, 0.3) is 0 Å². The van der Waals surface area contributed by atoms with Crippen molar-refractivity contribution < 1.29 is 29.4 Å². The number of ketones is 1. The summed E-state index contributed by atoms with van der Waals surface area (Å²) in [6.07, 6.45) is -1.61. The third-order valence-corrected chi connectivity index (χ3v) is 2.49. The molecule has 1 fully saturated rings. The lowest BCUT2D eigenvalue weighted by Gasteiger charge is -2.36. The van der Waals surface area contributed by atoms with Gasteiger partial charge in [0.05, 0.1) is 11.0 Å². The molecular weight excluding hydrogens is 280 g/mol. The maximum Gasteiger partial charge on any atom is 0.410 e. The summed E-state index contributed by atoms with van der Waals surface area (Å²) < 4.78 is 93.4. The number of rotatable bonds is 2. The van der Waals surface area contributed by atoms with Crippen LogP contribution in [0.1, 0.15) is 53.1 Å². The molecule has 0 aliphatic carbocycles. The summed E-state index contributed by atoms with van der Waals surface area (Å²) in [5.41, 5.74) is -2.16. The van der Waals surface area contributed by atoms with Crippen molar-refractivity contribution in [1.82, 2.24) is 4.90 Å². The number of carbonyl (C=O) groups excluding carboxylic acids is 2. The molecule has 5 nitrogen and oxygen atoms in total. The van der Waals surface area contributed by atoms with Gasteiger partial charge in [0.2, 0.25) is 0 Å². The van der Waals surface area contributed by atoms with Crippen molar-refractivity contribution in [3.63, 3.8) is 0 Å². The number of ether oxygens (including phenoxy) is 1. The van der Waals surface area contributed by atoms with E-state index in [-0.39, 0.29) is 9.80 Å². The Morgan fingerprint density at radius 2 is 1.91 bits per heavy atom. The summed E-state index contributed by atoms with van der Waals surface area (Å²) in [6.45, 7) is -12.5. The number of hydrogen-bond acceptors (Lipinski definition) is 4. The first-order valence-electron chi connectivity index (χ1n) is 12.0. The molecule has 0 atom stereocenters. The smallest absolute Gasteiger partial charge is 0.410 e. The standard InChI is InChI=1S/C17H24N2O3/c1-13(20)14-6-5-7-15(12-14)18-8-10-19(11-9-18)16(21)22-17(2,3)4/h5-7,12H,8-11H2,1-4H3/i1D3,8D2,9D2,10D2,11D2. The minimum absolute atomic E-state index is 0.122. The molecule has 5 heteroatoms. The second-order valence-corrected chi connectivity index (χ2v) is 5.48. The topological polar surface area (TPSA) is 49.9 Å². The molecule has 0 aromatic heterocycles. The van der Waals surface area contributed by atoms with E-state index in [4.69, 9.17) is 19.8 Å². The molecule has 1 aromatic rings. The monoisotopic (exact) mass is 315 g/mol. The lowest BCUT2D eigenvalue weighted by molar-refractivity contribution is 0.0240. The number of piperazine rings is 1. The Morgan fingerprint density at radius 1 is 1.23 bits per heavy atom. The molecule has 0 saturated carbocycles. The number of carbonyl (C=O) groups is 2. The number of anilines is 1. The van der Waals surface area contributed by atoms with E-state index in [1.807, 2.05) is 0 Å². The molecule has 0 radical (unpaired) electrons. The molecule has 0 N–H and O–H groups in total. The quantitative estimate of drug-likeness (QED) is 0.787. The SMILES string of the molecule is [2H]C([2H])([2H])C(=O)c1cccc(N2C([2H])([2H])C([2H])([2H])N(C(=O)OC(C)(C)C)C([2H])([2H])C2([2H])[2H])c1. The zero-order chi connectivity index (χ0) is 26.0. The molecule has 1 heterocycles. The van der Waals surface area contributed by atoms with Crippen molar-refractivity contribution in [2.24, 2.45) is 0 Å². The number of amides is 1. The van der Waals surface area contributed by atoms with Crippen LogP contribution in [0.25, 0.3) is 0 Å². The van der Waals surface area contributed by atoms with Gasteiger partial charge in [-0.3, -0.25) is 4.79 Å². The highest BCUT2D eigenvalue weighted by Gasteiger charge is 2.26. The highest BCUT2D eigenvalue weighted by molar-refractivity contribution is 5.95. The average molecular weight is 315 g/mol. The summed E-state index contributed by atoms with van der Waals surface area (Å²) in [4.78, 5) is 24.7. The van der Waals surface area contributed by atoms with E-state index in [2.05, 4.69) is 0 Å². The van der Waals surface area contributed by atoms with Crippen LogP contribution in [0.4, 0.5) is 10.5 Å². The Kier molecular flexibility index (Phi) is 2.04. The maximum atomic E-state index is 12.7. The van der Waals surface area contributed by atoms with Crippen LogP contribution in [0.2, 0.25) is 0 Å². The molecule has 1 amide bonds. The number of benzene rings is 1. The van der Waals surface area contributed by atoms with Gasteiger partial charge in [-0.1, -0.05) is 12.1 Å². The Bertz CT molecular complexity index is 926. The first kappa shape index (κ1) is 7.02. The second-order valence-electron chi connectivity index (χ2n) is 5.48. The van der Waals surface area contributed by atoms with Crippen molar-refractivity contribution in [3.8, 4) is 0 Å². The van der Waals surface area contributed by atoms with Gasteiger partial charge in [0.1, 0.15) is 5.60 Å². The molecule has 0 spiro atoms. The average Bonchev–Trinajstić information content (AvgIpc) is 2.56. The first-order chi connectivity index (χ1) is 14.5. The molecule has 0 unspecified atom stereocenters. The number of nitrogens with zero attached hydrogens (tertiary/aromatic N) is 2. The molecule has 1 aliphatic heterocycles. The number of hydrogen-bond donors (Lipinski definition) is 0. The minimum Gasteiger partial charge on any atom is -0.444 e. The van der Waals surface area contributed by atoms with Crippen molar-refractivity contribution in [1.29, 1.82) is 0 Å². The maximum absolute atomic E-state index is 12.7. The van der Waals surface area contributed by atoms with Gasteiger partial charge in [0, 0.05) is 41.4 Å². The van der Waals surface area contributed by atoms with Crippen LogP contribution in [-0.2, 0) is 4.74 Å². The first-order valence-corrected chi connectivity index (χ1v) is 6.48. The highest BCUT2D eigenvalue weighted by Crippen LogP contribution is 2.19. The van der Waals surface area contributed by atoms with Crippen molar-refractivity contribution in [2.75, 3.05) is 30.9 Å². The highest BCUT2D eigenvalue weighted by atomic mass is 16.6. The second kappa shape index (κ2) is 6.38. The van der Waals surface area contributed by atoms with Crippen molar-refractivity contribution >= 4 is 17.6 Å². The van der Waals surface area contributed by atoms with Crippen LogP contribution in [0, 0.1) is 0 Å². The molecule has 2 rings (SSSR count). The Labute approximate surface area is 147 Å². The lowest BCUT2D eigenvalue weighted by atomic mass is 10.1. The van der Waals surface area contributed by atoms with E-state index in [9.17, 15) is 9.59 Å². The molecule has 1 aliphatic rings. The van der Waals surface area contributed by atoms with E-state index in [1.54, 1.807) is 0 Å². The van der Waals surface area contributed by atoms with Crippen molar-refractivity contribution in [3.05, 3.63) is 29.8 Å². The third-order valence-electron chi connectivity index (χ3n) is 2.49. The normalized spacial score (nSPS) is 32.8. The molecule has 0 bridgehead atoms. The Balaban J connectivity index is 2.72. The van der Waals surface area contributed by atoms with E-state index in [1.165, 1.54) is 20.8 Å². The van der Waals surface area contributed by atoms with Gasteiger partial charge in [0.15, 0.2) is 5.78 Å². The van der Waals surface area contributed by atoms with E-state index < -0.39 is 61.6 Å². The van der Waals surface area contributed by atoms with Gasteiger partial charge in [-0.15, -0.1) is 0 Å². The van der Waals surface area contributed by atoms with Gasteiger partial charge >= 0.3 is 6.09 Å². The van der Waals surface area contributed by atoms with Gasteiger partial charge < -0.3 is 14.5 Å². The lowest BCUT2D eigenvalue weighted by Crippen LogP contribution is -2.50. The fourth-order valence-electron chi connectivity index (χ4n) is 1.57. The Morgan fingerprint density at radius 3 is 2.50 bits per heavy atom. The molecule has 1 aromatic carbocycles. The molecule has 1 saturated heterocycles. The molecule has 120 valence electrons. The van der Waals surface area contributed by atoms with E-state index in [0.29, 0.717) is 0 Å². The van der Waals surface area contributed by atoms with Gasteiger partial charge in [-0.25, -0.2) is 4.79 Å². The van der Waals surface area contributed by atoms with E-state index >= 15 is 0 Å². The summed E-state index contributed by atoms with van der Waals surface area (Å²) in [7, 11) is 0. The minimum atomic E-state index is -3.48. The largest absolute Gasteiger partial charge is 0.444 e.